The largest absolute Gasteiger partial charge is 0.360 e. The van der Waals surface area contributed by atoms with Crippen molar-refractivity contribution in [2.45, 2.75) is 35.7 Å². The Morgan fingerprint density at radius 3 is 2.00 bits per heavy atom. The molecule has 5 heteroatoms. The lowest BCUT2D eigenvalue weighted by Crippen LogP contribution is -2.18. The summed E-state index contributed by atoms with van der Waals surface area (Å²) in [5.41, 5.74) is -0.539. The van der Waals surface area contributed by atoms with Gasteiger partial charge in [-0.05, 0) is 13.8 Å². The molecule has 1 unspecified atom stereocenters. The fraction of sp³-hybridized carbons (Fsp3) is 1.00. The van der Waals surface area contributed by atoms with E-state index in [1.807, 2.05) is 13.8 Å². The quantitative estimate of drug-likeness (QED) is 0.682. The van der Waals surface area contributed by atoms with E-state index in [0.717, 1.165) is 0 Å². The highest BCUT2D eigenvalue weighted by atomic mass is 35.6. The highest BCUT2D eigenvalue weighted by Gasteiger charge is 2.25. The Morgan fingerprint density at radius 1 is 1.27 bits per heavy atom. The molecular formula is C6H10Cl4O. The second-order valence-electron chi connectivity index (χ2n) is 2.41. The lowest BCUT2D eigenvalue weighted by molar-refractivity contribution is 0.0513. The number of halogens is 4. The SMILES string of the molecule is CC(C)OC(Cl)CC(Cl)(Cl)Cl. The van der Waals surface area contributed by atoms with E-state index in [1.165, 1.54) is 0 Å². The molecule has 0 aromatic carbocycles. The van der Waals surface area contributed by atoms with Crippen molar-refractivity contribution in [2.24, 2.45) is 0 Å². The molecule has 0 fully saturated rings. The van der Waals surface area contributed by atoms with Crippen LogP contribution in [0.15, 0.2) is 0 Å². The minimum absolute atomic E-state index is 0.0462. The van der Waals surface area contributed by atoms with Gasteiger partial charge in [0, 0.05) is 6.42 Å². The van der Waals surface area contributed by atoms with Gasteiger partial charge in [-0.3, -0.25) is 0 Å². The summed E-state index contributed by atoms with van der Waals surface area (Å²) in [4.78, 5) is 0. The van der Waals surface area contributed by atoms with E-state index in [2.05, 4.69) is 0 Å². The van der Waals surface area contributed by atoms with Crippen LogP contribution in [0.25, 0.3) is 0 Å². The molecule has 1 nitrogen and oxygen atoms in total. The van der Waals surface area contributed by atoms with Crippen LogP contribution in [0.3, 0.4) is 0 Å². The van der Waals surface area contributed by atoms with Crippen LogP contribution in [0, 0.1) is 0 Å². The third-order valence-corrected chi connectivity index (χ3v) is 1.53. The molecule has 68 valence electrons. The Labute approximate surface area is 86.9 Å². The molecule has 0 aromatic heterocycles. The smallest absolute Gasteiger partial charge is 0.194 e. The summed E-state index contributed by atoms with van der Waals surface area (Å²) in [5, 5.41) is 0. The van der Waals surface area contributed by atoms with Crippen LogP contribution in [0.1, 0.15) is 20.3 Å². The Bertz CT molecular complexity index is 110. The van der Waals surface area contributed by atoms with Crippen molar-refractivity contribution in [3.8, 4) is 0 Å². The summed E-state index contributed by atoms with van der Waals surface area (Å²) >= 11 is 22.1. The fourth-order valence-electron chi connectivity index (χ4n) is 0.525. The van der Waals surface area contributed by atoms with E-state index in [9.17, 15) is 0 Å². The average molecular weight is 240 g/mol. The lowest BCUT2D eigenvalue weighted by Gasteiger charge is -2.17. The molecule has 1 atom stereocenters. The second-order valence-corrected chi connectivity index (χ2v) is 5.42. The summed E-state index contributed by atoms with van der Waals surface area (Å²) in [7, 11) is 0. The summed E-state index contributed by atoms with van der Waals surface area (Å²) < 4.78 is 3.81. The highest BCUT2D eigenvalue weighted by Crippen LogP contribution is 2.33. The van der Waals surface area contributed by atoms with E-state index in [4.69, 9.17) is 51.1 Å². The van der Waals surface area contributed by atoms with Crippen molar-refractivity contribution in [1.29, 1.82) is 0 Å². The van der Waals surface area contributed by atoms with Gasteiger partial charge in [-0.25, -0.2) is 0 Å². The molecule has 0 rings (SSSR count). The Morgan fingerprint density at radius 2 is 1.73 bits per heavy atom. The van der Waals surface area contributed by atoms with Gasteiger partial charge >= 0.3 is 0 Å². The number of hydrogen-bond acceptors (Lipinski definition) is 1. The normalized spacial score (nSPS) is 15.5. The van der Waals surface area contributed by atoms with Crippen LogP contribution in [0.4, 0.5) is 0 Å². The van der Waals surface area contributed by atoms with Crippen LogP contribution in [0.2, 0.25) is 0 Å². The van der Waals surface area contributed by atoms with E-state index in [1.54, 1.807) is 0 Å². The van der Waals surface area contributed by atoms with E-state index >= 15 is 0 Å². The topological polar surface area (TPSA) is 9.23 Å². The molecule has 0 spiro atoms. The Kier molecular flexibility index (Phi) is 5.49. The average Bonchev–Trinajstić information content (AvgIpc) is 1.53. The van der Waals surface area contributed by atoms with Gasteiger partial charge in [-0.15, -0.1) is 0 Å². The number of rotatable bonds is 3. The fourth-order valence-corrected chi connectivity index (χ4v) is 1.62. The molecule has 0 radical (unpaired) electrons. The van der Waals surface area contributed by atoms with Crippen molar-refractivity contribution in [1.82, 2.24) is 0 Å². The monoisotopic (exact) mass is 238 g/mol. The van der Waals surface area contributed by atoms with Crippen molar-refractivity contribution < 1.29 is 4.74 Å². The minimum Gasteiger partial charge on any atom is -0.360 e. The minimum atomic E-state index is -1.33. The van der Waals surface area contributed by atoms with Crippen molar-refractivity contribution in [2.75, 3.05) is 0 Å². The predicted molar refractivity (Wildman–Crippen MR) is 50.8 cm³/mol. The number of hydrogen-bond donors (Lipinski definition) is 0. The molecule has 11 heavy (non-hydrogen) atoms. The standard InChI is InChI=1S/C6H10Cl4O/c1-4(2)11-5(7)3-6(8,9)10/h4-5H,3H2,1-2H3. The molecule has 0 saturated heterocycles. The molecule has 0 amide bonds. The molecule has 0 aliphatic heterocycles. The van der Waals surface area contributed by atoms with Crippen LogP contribution in [-0.2, 0) is 4.74 Å². The molecule has 0 aliphatic rings. The van der Waals surface area contributed by atoms with Gasteiger partial charge < -0.3 is 4.74 Å². The van der Waals surface area contributed by atoms with Gasteiger partial charge in [-0.1, -0.05) is 46.4 Å². The van der Waals surface area contributed by atoms with Gasteiger partial charge in [0.15, 0.2) is 3.79 Å². The first-order chi connectivity index (χ1) is 4.81. The molecule has 0 N–H and O–H groups in total. The molecule has 0 heterocycles. The highest BCUT2D eigenvalue weighted by molar-refractivity contribution is 6.67. The maximum absolute atomic E-state index is 5.68. The summed E-state index contributed by atoms with van der Waals surface area (Å²) in [6.45, 7) is 3.74. The first-order valence-electron chi connectivity index (χ1n) is 3.17. The van der Waals surface area contributed by atoms with Gasteiger partial charge in [-0.2, -0.15) is 0 Å². The van der Waals surface area contributed by atoms with Gasteiger partial charge in [0.2, 0.25) is 0 Å². The second kappa shape index (κ2) is 4.98. The number of ether oxygens (including phenoxy) is 1. The van der Waals surface area contributed by atoms with Crippen LogP contribution in [-0.4, -0.2) is 15.5 Å². The maximum Gasteiger partial charge on any atom is 0.194 e. The maximum atomic E-state index is 5.68. The van der Waals surface area contributed by atoms with E-state index in [0.29, 0.717) is 0 Å². The third kappa shape index (κ3) is 9.03. The zero-order valence-corrected chi connectivity index (χ0v) is 9.31. The van der Waals surface area contributed by atoms with Crippen LogP contribution >= 0.6 is 46.4 Å². The molecule has 0 aliphatic carbocycles. The molecule has 0 saturated carbocycles. The summed E-state index contributed by atoms with van der Waals surface area (Å²) in [6, 6.07) is 0. The summed E-state index contributed by atoms with van der Waals surface area (Å²) in [5.74, 6) is 0. The van der Waals surface area contributed by atoms with Crippen LogP contribution in [0.5, 0.6) is 0 Å². The van der Waals surface area contributed by atoms with Crippen molar-refractivity contribution >= 4 is 46.4 Å². The zero-order chi connectivity index (χ0) is 9.07. The first kappa shape index (κ1) is 12.1. The Hall–Kier alpha value is 1.12. The van der Waals surface area contributed by atoms with Crippen molar-refractivity contribution in [3.05, 3.63) is 0 Å². The van der Waals surface area contributed by atoms with Crippen molar-refractivity contribution in [3.63, 3.8) is 0 Å². The van der Waals surface area contributed by atoms with E-state index in [-0.39, 0.29) is 12.5 Å². The van der Waals surface area contributed by atoms with E-state index < -0.39 is 9.36 Å². The summed E-state index contributed by atoms with van der Waals surface area (Å²) in [6.07, 6.45) is 0.238. The molecular weight excluding hydrogens is 230 g/mol. The molecule has 0 aromatic rings. The zero-order valence-electron chi connectivity index (χ0n) is 6.28. The first-order valence-corrected chi connectivity index (χ1v) is 4.74. The number of alkyl halides is 4. The van der Waals surface area contributed by atoms with Gasteiger partial charge in [0.25, 0.3) is 0 Å². The molecule has 0 bridgehead atoms. The van der Waals surface area contributed by atoms with Gasteiger partial charge in [0.05, 0.1) is 6.10 Å². The predicted octanol–water partition coefficient (Wildman–Crippen LogP) is 3.74. The Balaban J connectivity index is 3.61. The van der Waals surface area contributed by atoms with Crippen LogP contribution < -0.4 is 0 Å². The third-order valence-electron chi connectivity index (χ3n) is 0.812. The lowest BCUT2D eigenvalue weighted by atomic mass is 10.4. The van der Waals surface area contributed by atoms with Gasteiger partial charge in [0.1, 0.15) is 5.56 Å².